The Morgan fingerprint density at radius 3 is 2.45 bits per heavy atom. The van der Waals surface area contributed by atoms with E-state index >= 15 is 0 Å². The lowest BCUT2D eigenvalue weighted by Crippen LogP contribution is -2.25. The maximum absolute atomic E-state index is 12.9. The van der Waals surface area contributed by atoms with Gasteiger partial charge in [0.25, 0.3) is 0 Å². The summed E-state index contributed by atoms with van der Waals surface area (Å²) < 4.78 is 42.0. The highest BCUT2D eigenvalue weighted by atomic mass is 32.2. The molecule has 20 heavy (non-hydrogen) atoms. The van der Waals surface area contributed by atoms with Crippen LogP contribution in [0.3, 0.4) is 0 Å². The first kappa shape index (κ1) is 16.6. The molecule has 0 fully saturated rings. The van der Waals surface area contributed by atoms with Crippen LogP contribution < -0.4 is 0 Å². The molecule has 0 radical (unpaired) electrons. The molecule has 0 saturated heterocycles. The molecule has 0 aromatic carbocycles. The van der Waals surface area contributed by atoms with Crippen LogP contribution in [-0.2, 0) is 19.4 Å². The summed E-state index contributed by atoms with van der Waals surface area (Å²) >= 11 is 0. The minimum Gasteiger partial charge on any atom is -0.460 e. The van der Waals surface area contributed by atoms with Crippen LogP contribution in [0.25, 0.3) is 0 Å². The van der Waals surface area contributed by atoms with Gasteiger partial charge in [-0.15, -0.1) is 0 Å². The molecule has 0 bridgehead atoms. The summed E-state index contributed by atoms with van der Waals surface area (Å²) in [6.07, 6.45) is -0.254. The van der Waals surface area contributed by atoms with Crippen LogP contribution in [0.15, 0.2) is 17.0 Å². The van der Waals surface area contributed by atoms with E-state index in [4.69, 9.17) is 4.74 Å². The van der Waals surface area contributed by atoms with Gasteiger partial charge in [0.1, 0.15) is 5.60 Å². The van der Waals surface area contributed by atoms with E-state index in [9.17, 15) is 17.6 Å². The summed E-state index contributed by atoms with van der Waals surface area (Å²) in [4.78, 5) is 14.9. The number of aromatic nitrogens is 1. The third kappa shape index (κ3) is 4.88. The lowest BCUT2D eigenvalue weighted by atomic mass is 10.2. The molecule has 0 aliphatic heterocycles. The molecule has 1 aromatic heterocycles. The third-order valence-electron chi connectivity index (χ3n) is 2.33. The normalized spacial score (nSPS) is 12.2. The summed E-state index contributed by atoms with van der Waals surface area (Å²) in [5.74, 6) is -1.72. The zero-order chi connectivity index (χ0) is 15.6. The predicted octanol–water partition coefficient (Wildman–Crippen LogP) is 2.03. The fraction of sp³-hybridized carbons (Fsp3) is 0.538. The van der Waals surface area contributed by atoms with Gasteiger partial charge < -0.3 is 4.74 Å². The van der Waals surface area contributed by atoms with Gasteiger partial charge in [-0.05, 0) is 39.8 Å². The maximum Gasteiger partial charge on any atom is 0.307 e. The molecular weight excluding hydrogens is 285 g/mol. The van der Waals surface area contributed by atoms with Crippen molar-refractivity contribution in [1.29, 1.82) is 0 Å². The van der Waals surface area contributed by atoms with Gasteiger partial charge >= 0.3 is 5.97 Å². The van der Waals surface area contributed by atoms with Crippen LogP contribution in [0.4, 0.5) is 4.39 Å². The minimum atomic E-state index is -3.69. The number of nitrogens with zero attached hydrogens (tertiary/aromatic N) is 1. The summed E-state index contributed by atoms with van der Waals surface area (Å²) in [5.41, 5.74) is -0.581. The Hall–Kier alpha value is -1.50. The van der Waals surface area contributed by atoms with Crippen molar-refractivity contribution in [2.45, 2.75) is 44.6 Å². The highest BCUT2D eigenvalue weighted by Gasteiger charge is 2.22. The molecular formula is C13H18FNO4S. The van der Waals surface area contributed by atoms with Gasteiger partial charge in [-0.3, -0.25) is 4.79 Å². The first-order chi connectivity index (χ1) is 9.01. The Kier molecular flexibility index (Phi) is 4.86. The SMILES string of the molecule is Cc1nc(F)ccc1S(=O)(=O)CCC(=O)OC(C)(C)C. The van der Waals surface area contributed by atoms with Crippen molar-refractivity contribution in [2.75, 3.05) is 5.75 Å². The molecule has 7 heteroatoms. The van der Waals surface area contributed by atoms with Gasteiger partial charge in [-0.2, -0.15) is 4.39 Å². The number of carbonyl (C=O) groups is 1. The summed E-state index contributed by atoms with van der Waals surface area (Å²) in [6.45, 7) is 6.51. The molecule has 112 valence electrons. The smallest absolute Gasteiger partial charge is 0.307 e. The van der Waals surface area contributed by atoms with Crippen LogP contribution in [0, 0.1) is 12.9 Å². The topological polar surface area (TPSA) is 73.3 Å². The number of sulfone groups is 1. The molecule has 0 aliphatic carbocycles. The number of pyridine rings is 1. The van der Waals surface area contributed by atoms with Gasteiger partial charge in [0.05, 0.1) is 22.8 Å². The number of ether oxygens (including phenoxy) is 1. The number of hydrogen-bond acceptors (Lipinski definition) is 5. The second-order valence-corrected chi connectivity index (χ2v) is 7.45. The van der Waals surface area contributed by atoms with Gasteiger partial charge in [-0.25, -0.2) is 13.4 Å². The van der Waals surface area contributed by atoms with Crippen LogP contribution >= 0.6 is 0 Å². The third-order valence-corrected chi connectivity index (χ3v) is 4.18. The first-order valence-electron chi connectivity index (χ1n) is 6.09. The van der Waals surface area contributed by atoms with E-state index in [1.807, 2.05) is 0 Å². The maximum atomic E-state index is 12.9. The number of aryl methyl sites for hydroxylation is 1. The minimum absolute atomic E-state index is 0.0672. The van der Waals surface area contributed by atoms with E-state index in [0.717, 1.165) is 12.1 Å². The summed E-state index contributed by atoms with van der Waals surface area (Å²) in [6, 6.07) is 2.13. The fourth-order valence-electron chi connectivity index (χ4n) is 1.57. The van der Waals surface area contributed by atoms with Crippen molar-refractivity contribution in [3.8, 4) is 0 Å². The quantitative estimate of drug-likeness (QED) is 0.628. The van der Waals surface area contributed by atoms with Crippen molar-refractivity contribution >= 4 is 15.8 Å². The van der Waals surface area contributed by atoms with Gasteiger partial charge in [0.2, 0.25) is 5.95 Å². The molecule has 0 amide bonds. The van der Waals surface area contributed by atoms with Gasteiger partial charge in [-0.1, -0.05) is 0 Å². The average Bonchev–Trinajstić information content (AvgIpc) is 2.23. The molecule has 0 spiro atoms. The van der Waals surface area contributed by atoms with E-state index in [1.54, 1.807) is 20.8 Å². The Bertz CT molecular complexity index is 605. The van der Waals surface area contributed by atoms with Crippen LogP contribution in [0.5, 0.6) is 0 Å². The highest BCUT2D eigenvalue weighted by Crippen LogP contribution is 2.17. The summed E-state index contributed by atoms with van der Waals surface area (Å²) in [7, 11) is -3.69. The van der Waals surface area contributed by atoms with Crippen LogP contribution in [-0.4, -0.2) is 30.7 Å². The molecule has 1 rings (SSSR count). The van der Waals surface area contributed by atoms with Crippen molar-refractivity contribution in [1.82, 2.24) is 4.98 Å². The lowest BCUT2D eigenvalue weighted by Gasteiger charge is -2.19. The molecule has 0 N–H and O–H groups in total. The molecule has 1 aromatic rings. The molecule has 0 aliphatic rings. The largest absolute Gasteiger partial charge is 0.460 e. The van der Waals surface area contributed by atoms with E-state index in [2.05, 4.69) is 4.98 Å². The molecule has 5 nitrogen and oxygen atoms in total. The number of rotatable bonds is 4. The van der Waals surface area contributed by atoms with Gasteiger partial charge in [0, 0.05) is 0 Å². The second kappa shape index (κ2) is 5.87. The van der Waals surface area contributed by atoms with Crippen molar-refractivity contribution in [3.05, 3.63) is 23.8 Å². The van der Waals surface area contributed by atoms with Crippen LogP contribution in [0.1, 0.15) is 32.9 Å². The standard InChI is InChI=1S/C13H18FNO4S/c1-9-10(5-6-11(14)15-9)20(17,18)8-7-12(16)19-13(2,3)4/h5-6H,7-8H2,1-4H3. The predicted molar refractivity (Wildman–Crippen MR) is 71.4 cm³/mol. The number of halogens is 1. The molecule has 0 unspecified atom stereocenters. The van der Waals surface area contributed by atoms with Crippen molar-refractivity contribution in [3.63, 3.8) is 0 Å². The highest BCUT2D eigenvalue weighted by molar-refractivity contribution is 7.91. The van der Waals surface area contributed by atoms with E-state index in [-0.39, 0.29) is 17.0 Å². The second-order valence-electron chi connectivity index (χ2n) is 5.37. The average molecular weight is 303 g/mol. The lowest BCUT2D eigenvalue weighted by molar-refractivity contribution is -0.154. The summed E-state index contributed by atoms with van der Waals surface area (Å²) in [5, 5.41) is 0. The first-order valence-corrected chi connectivity index (χ1v) is 7.74. The van der Waals surface area contributed by atoms with Crippen molar-refractivity contribution in [2.24, 2.45) is 0 Å². The monoisotopic (exact) mass is 303 g/mol. The van der Waals surface area contributed by atoms with Crippen molar-refractivity contribution < 1.29 is 22.3 Å². The van der Waals surface area contributed by atoms with E-state index in [1.165, 1.54) is 6.92 Å². The van der Waals surface area contributed by atoms with Crippen LogP contribution in [0.2, 0.25) is 0 Å². The zero-order valence-corrected chi connectivity index (χ0v) is 12.8. The number of hydrogen-bond donors (Lipinski definition) is 0. The van der Waals surface area contributed by atoms with Gasteiger partial charge in [0.15, 0.2) is 9.84 Å². The molecule has 1 heterocycles. The Labute approximate surface area is 118 Å². The Morgan fingerprint density at radius 1 is 1.35 bits per heavy atom. The molecule has 0 saturated carbocycles. The number of carbonyl (C=O) groups excluding carboxylic acids is 1. The Morgan fingerprint density at radius 2 is 1.95 bits per heavy atom. The zero-order valence-electron chi connectivity index (χ0n) is 11.9. The number of esters is 1. The Balaban J connectivity index is 2.78. The fourth-order valence-corrected chi connectivity index (χ4v) is 2.99. The van der Waals surface area contributed by atoms with E-state index < -0.39 is 33.1 Å². The molecule has 0 atom stereocenters. The van der Waals surface area contributed by atoms with E-state index in [0.29, 0.717) is 0 Å².